The zero-order valence-corrected chi connectivity index (χ0v) is 16.8. The van der Waals surface area contributed by atoms with E-state index in [4.69, 9.17) is 24.4 Å². The van der Waals surface area contributed by atoms with Crippen LogP contribution in [-0.2, 0) is 0 Å². The fourth-order valence-corrected chi connectivity index (χ4v) is 3.55. The average Bonchev–Trinajstić information content (AvgIpc) is 2.72. The van der Waals surface area contributed by atoms with Gasteiger partial charge in [-0.25, -0.2) is 0 Å². The fourth-order valence-electron chi connectivity index (χ4n) is 3.55. The fraction of sp³-hybridized carbons (Fsp3) is 0.217. The molecule has 7 heteroatoms. The van der Waals surface area contributed by atoms with E-state index in [-0.39, 0.29) is 34.5 Å². The zero-order valence-electron chi connectivity index (χ0n) is 16.8. The third kappa shape index (κ3) is 3.22. The second-order valence-corrected chi connectivity index (χ2v) is 7.16. The van der Waals surface area contributed by atoms with Crippen molar-refractivity contribution in [2.75, 3.05) is 7.11 Å². The number of nitriles is 1. The van der Waals surface area contributed by atoms with Crippen LogP contribution in [0.3, 0.4) is 0 Å². The number of benzene rings is 2. The number of allylic oxidation sites excluding steroid dienone is 1. The van der Waals surface area contributed by atoms with Gasteiger partial charge in [-0.1, -0.05) is 12.1 Å². The van der Waals surface area contributed by atoms with Gasteiger partial charge in [-0.3, -0.25) is 4.79 Å². The Morgan fingerprint density at radius 3 is 2.67 bits per heavy atom. The molecule has 0 radical (unpaired) electrons. The molecule has 30 heavy (non-hydrogen) atoms. The summed E-state index contributed by atoms with van der Waals surface area (Å²) in [6.45, 7) is 3.84. The Morgan fingerprint density at radius 2 is 1.97 bits per heavy atom. The highest BCUT2D eigenvalue weighted by Crippen LogP contribution is 2.42. The van der Waals surface area contributed by atoms with Crippen LogP contribution in [0.4, 0.5) is 0 Å². The lowest BCUT2D eigenvalue weighted by Crippen LogP contribution is -2.26. The Labute approximate surface area is 172 Å². The summed E-state index contributed by atoms with van der Waals surface area (Å²) in [4.78, 5) is 13.4. The molecule has 1 atom stereocenters. The lowest BCUT2D eigenvalue weighted by molar-refractivity contribution is 0.242. The van der Waals surface area contributed by atoms with E-state index in [1.165, 1.54) is 7.11 Å². The molecule has 0 spiro atoms. The van der Waals surface area contributed by atoms with Gasteiger partial charge < -0.3 is 24.4 Å². The van der Waals surface area contributed by atoms with Crippen molar-refractivity contribution < 1.29 is 18.6 Å². The Kier molecular flexibility index (Phi) is 4.84. The van der Waals surface area contributed by atoms with Gasteiger partial charge in [0.2, 0.25) is 11.3 Å². The van der Waals surface area contributed by atoms with Crippen LogP contribution in [-0.4, -0.2) is 13.2 Å². The minimum absolute atomic E-state index is 0.0257. The zero-order chi connectivity index (χ0) is 21.4. The third-order valence-corrected chi connectivity index (χ3v) is 4.83. The number of hydrogen-bond acceptors (Lipinski definition) is 7. The molecule has 1 aromatic heterocycles. The largest absolute Gasteiger partial charge is 0.497 e. The standard InChI is InChI=1S/C23H20N2O5/c1-12(2)28-15-6-4-5-13(9-15)19-17(11-24)22(25)30-23-20(19)21(26)16-8-7-14(27-3)10-18(16)29-23/h4-10,12,19H,25H2,1-3H3. The molecule has 7 nitrogen and oxygen atoms in total. The Bertz CT molecular complexity index is 1270. The van der Waals surface area contributed by atoms with E-state index >= 15 is 0 Å². The molecule has 0 saturated carbocycles. The van der Waals surface area contributed by atoms with Gasteiger partial charge in [0.1, 0.15) is 28.7 Å². The van der Waals surface area contributed by atoms with Gasteiger partial charge in [-0.2, -0.15) is 5.26 Å². The van der Waals surface area contributed by atoms with Gasteiger partial charge in [-0.15, -0.1) is 0 Å². The van der Waals surface area contributed by atoms with Gasteiger partial charge in [0, 0.05) is 6.07 Å². The van der Waals surface area contributed by atoms with E-state index in [1.54, 1.807) is 30.3 Å². The Hall–Kier alpha value is -3.92. The molecule has 0 amide bonds. The minimum Gasteiger partial charge on any atom is -0.497 e. The average molecular weight is 404 g/mol. The summed E-state index contributed by atoms with van der Waals surface area (Å²) in [6, 6.07) is 14.2. The summed E-state index contributed by atoms with van der Waals surface area (Å²) in [6.07, 6.45) is -0.0257. The lowest BCUT2D eigenvalue weighted by atomic mass is 9.84. The number of rotatable bonds is 4. The Balaban J connectivity index is 1.97. The van der Waals surface area contributed by atoms with Crippen LogP contribution in [0.25, 0.3) is 11.0 Å². The van der Waals surface area contributed by atoms with Crippen molar-refractivity contribution in [2.24, 2.45) is 5.73 Å². The monoisotopic (exact) mass is 404 g/mol. The summed E-state index contributed by atoms with van der Waals surface area (Å²) in [7, 11) is 1.52. The normalized spacial score (nSPS) is 15.5. The van der Waals surface area contributed by atoms with E-state index in [0.29, 0.717) is 28.0 Å². The van der Waals surface area contributed by atoms with E-state index in [0.717, 1.165) is 0 Å². The van der Waals surface area contributed by atoms with Crippen molar-refractivity contribution in [3.63, 3.8) is 0 Å². The molecule has 0 fully saturated rings. The van der Waals surface area contributed by atoms with Crippen molar-refractivity contribution >= 4 is 11.0 Å². The van der Waals surface area contributed by atoms with Crippen LogP contribution in [0.5, 0.6) is 17.4 Å². The SMILES string of the molecule is COc1ccc2c(=O)c3c(oc2c1)OC(N)=C(C#N)C3c1cccc(OC(C)C)c1. The van der Waals surface area contributed by atoms with Crippen LogP contribution in [0.2, 0.25) is 0 Å². The molecule has 0 bridgehead atoms. The quantitative estimate of drug-likeness (QED) is 0.704. The first-order valence-corrected chi connectivity index (χ1v) is 9.42. The first kappa shape index (κ1) is 19.4. The molecule has 1 aliphatic rings. The lowest BCUT2D eigenvalue weighted by Gasteiger charge is -2.25. The molecule has 152 valence electrons. The van der Waals surface area contributed by atoms with Gasteiger partial charge in [-0.05, 0) is 43.7 Å². The number of nitrogens with two attached hydrogens (primary N) is 1. The highest BCUT2D eigenvalue weighted by Gasteiger charge is 2.35. The maximum Gasteiger partial charge on any atom is 0.300 e. The Morgan fingerprint density at radius 1 is 1.17 bits per heavy atom. The van der Waals surface area contributed by atoms with E-state index in [9.17, 15) is 10.1 Å². The van der Waals surface area contributed by atoms with Gasteiger partial charge >= 0.3 is 0 Å². The number of methoxy groups -OCH3 is 1. The van der Waals surface area contributed by atoms with E-state index in [2.05, 4.69) is 6.07 Å². The van der Waals surface area contributed by atoms with Gasteiger partial charge in [0.05, 0.1) is 30.1 Å². The van der Waals surface area contributed by atoms with E-state index < -0.39 is 5.92 Å². The topological polar surface area (TPSA) is 108 Å². The van der Waals surface area contributed by atoms with Crippen LogP contribution in [0, 0.1) is 11.3 Å². The van der Waals surface area contributed by atoms with Crippen molar-refractivity contribution in [3.05, 3.63) is 75.3 Å². The van der Waals surface area contributed by atoms with Crippen molar-refractivity contribution in [1.29, 1.82) is 5.26 Å². The predicted octanol–water partition coefficient (Wildman–Crippen LogP) is 3.81. The van der Waals surface area contributed by atoms with Crippen LogP contribution >= 0.6 is 0 Å². The molecule has 1 aliphatic heterocycles. The first-order valence-electron chi connectivity index (χ1n) is 9.42. The summed E-state index contributed by atoms with van der Waals surface area (Å²) in [5, 5.41) is 10.1. The molecular weight excluding hydrogens is 384 g/mol. The van der Waals surface area contributed by atoms with Crippen molar-refractivity contribution in [3.8, 4) is 23.5 Å². The summed E-state index contributed by atoms with van der Waals surface area (Å²) in [5.41, 5.74) is 7.07. The number of nitrogens with zero attached hydrogens (tertiary/aromatic N) is 1. The number of ether oxygens (including phenoxy) is 3. The molecule has 0 aliphatic carbocycles. The highest BCUT2D eigenvalue weighted by atomic mass is 16.6. The van der Waals surface area contributed by atoms with Crippen molar-refractivity contribution in [2.45, 2.75) is 25.9 Å². The summed E-state index contributed by atoms with van der Waals surface area (Å²) in [5.74, 6) is 0.296. The maximum atomic E-state index is 13.4. The minimum atomic E-state index is -0.739. The van der Waals surface area contributed by atoms with Gasteiger partial charge in [0.25, 0.3) is 5.95 Å². The molecular formula is C23H20N2O5. The number of fused-ring (bicyclic) bond motifs is 2. The number of hydrogen-bond donors (Lipinski definition) is 1. The predicted molar refractivity (Wildman–Crippen MR) is 111 cm³/mol. The second-order valence-electron chi connectivity index (χ2n) is 7.16. The molecule has 0 saturated heterocycles. The smallest absolute Gasteiger partial charge is 0.300 e. The van der Waals surface area contributed by atoms with Crippen molar-refractivity contribution in [1.82, 2.24) is 0 Å². The summed E-state index contributed by atoms with van der Waals surface area (Å²) >= 11 is 0. The molecule has 4 rings (SSSR count). The first-order chi connectivity index (χ1) is 14.4. The highest BCUT2D eigenvalue weighted by molar-refractivity contribution is 5.80. The molecule has 1 unspecified atom stereocenters. The molecule has 2 aromatic carbocycles. The third-order valence-electron chi connectivity index (χ3n) is 4.83. The summed E-state index contributed by atoms with van der Waals surface area (Å²) < 4.78 is 22.4. The molecule has 2 heterocycles. The van der Waals surface area contributed by atoms with Crippen LogP contribution < -0.4 is 25.4 Å². The molecule has 3 aromatic rings. The molecule has 2 N–H and O–H groups in total. The van der Waals surface area contributed by atoms with Crippen LogP contribution in [0.15, 0.2) is 63.1 Å². The van der Waals surface area contributed by atoms with E-state index in [1.807, 2.05) is 26.0 Å². The second kappa shape index (κ2) is 7.48. The maximum absolute atomic E-state index is 13.4. The van der Waals surface area contributed by atoms with Crippen LogP contribution in [0.1, 0.15) is 30.9 Å². The van der Waals surface area contributed by atoms with Gasteiger partial charge in [0.15, 0.2) is 0 Å².